The van der Waals surface area contributed by atoms with Gasteiger partial charge in [-0.05, 0) is 33.4 Å². The molecular weight excluding hydrogens is 434 g/mol. The molecule has 0 saturated carbocycles. The third-order valence-electron chi connectivity index (χ3n) is 7.58. The first kappa shape index (κ1) is 22.2. The molecule has 176 valence electrons. The first-order valence-electron chi connectivity index (χ1n) is 12.1. The zero-order valence-corrected chi connectivity index (χ0v) is 19.8. The normalized spacial score (nSPS) is 18.3. The molecule has 1 fully saturated rings. The van der Waals surface area contributed by atoms with Crippen LogP contribution in [0.4, 0.5) is 0 Å². The number of hydrogen-bond acceptors (Lipinski definition) is 4. The molecule has 0 bridgehead atoms. The second-order valence-electron chi connectivity index (χ2n) is 9.45. The average Bonchev–Trinajstić information content (AvgIpc) is 3.20. The van der Waals surface area contributed by atoms with Crippen LogP contribution in [0.2, 0.25) is 0 Å². The number of aliphatic hydroxyl groups is 1. The number of methoxy groups -OCH3 is 1. The molecule has 0 amide bonds. The number of likely N-dealkylation sites (tertiary alicyclic amines) is 1. The predicted molar refractivity (Wildman–Crippen MR) is 137 cm³/mol. The van der Waals surface area contributed by atoms with Gasteiger partial charge < -0.3 is 14.6 Å². The SMILES string of the molecule is COCOC1(C(O)c2ccccc2)CN(C2(c3ccccc3)c3ccccc3-c3ccccc32)C1. The van der Waals surface area contributed by atoms with E-state index in [2.05, 4.69) is 83.8 Å². The van der Waals surface area contributed by atoms with Gasteiger partial charge in [-0.2, -0.15) is 0 Å². The van der Waals surface area contributed by atoms with Crippen LogP contribution in [0.5, 0.6) is 0 Å². The minimum Gasteiger partial charge on any atom is -0.385 e. The Kier molecular flexibility index (Phi) is 5.54. The Labute approximate surface area is 206 Å². The van der Waals surface area contributed by atoms with Gasteiger partial charge in [0, 0.05) is 20.2 Å². The van der Waals surface area contributed by atoms with Crippen LogP contribution in [0.25, 0.3) is 11.1 Å². The molecule has 1 aliphatic carbocycles. The summed E-state index contributed by atoms with van der Waals surface area (Å²) in [7, 11) is 1.62. The van der Waals surface area contributed by atoms with Crippen LogP contribution in [0.15, 0.2) is 109 Å². The third-order valence-corrected chi connectivity index (χ3v) is 7.58. The van der Waals surface area contributed by atoms with E-state index in [9.17, 15) is 5.11 Å². The maximum Gasteiger partial charge on any atom is 0.147 e. The number of ether oxygens (including phenoxy) is 2. The Bertz CT molecular complexity index is 1270. The van der Waals surface area contributed by atoms with Crippen LogP contribution in [-0.4, -0.2) is 42.6 Å². The molecule has 4 nitrogen and oxygen atoms in total. The van der Waals surface area contributed by atoms with E-state index in [4.69, 9.17) is 9.47 Å². The topological polar surface area (TPSA) is 41.9 Å². The van der Waals surface area contributed by atoms with E-state index in [0.717, 1.165) is 5.56 Å². The van der Waals surface area contributed by atoms with Gasteiger partial charge in [-0.15, -0.1) is 0 Å². The van der Waals surface area contributed by atoms with Crippen molar-refractivity contribution >= 4 is 0 Å². The van der Waals surface area contributed by atoms with Crippen LogP contribution in [0.3, 0.4) is 0 Å². The molecule has 1 aliphatic heterocycles. The molecule has 1 unspecified atom stereocenters. The number of hydrogen-bond donors (Lipinski definition) is 1. The predicted octanol–water partition coefficient (Wildman–Crippen LogP) is 5.37. The maximum atomic E-state index is 11.5. The molecule has 2 aliphatic rings. The lowest BCUT2D eigenvalue weighted by molar-refractivity contribution is -0.247. The lowest BCUT2D eigenvalue weighted by Crippen LogP contribution is -2.71. The van der Waals surface area contributed by atoms with Gasteiger partial charge in [-0.25, -0.2) is 0 Å². The van der Waals surface area contributed by atoms with E-state index in [1.165, 1.54) is 27.8 Å². The molecule has 1 N–H and O–H groups in total. The molecule has 1 saturated heterocycles. The second kappa shape index (κ2) is 8.74. The minimum absolute atomic E-state index is 0.128. The van der Waals surface area contributed by atoms with Crippen LogP contribution in [0, 0.1) is 0 Å². The Balaban J connectivity index is 1.49. The van der Waals surface area contributed by atoms with Crippen molar-refractivity contribution in [3.05, 3.63) is 131 Å². The summed E-state index contributed by atoms with van der Waals surface area (Å²) in [5, 5.41) is 11.5. The van der Waals surface area contributed by atoms with Crippen molar-refractivity contribution in [3.63, 3.8) is 0 Å². The molecule has 35 heavy (non-hydrogen) atoms. The Morgan fingerprint density at radius 3 is 1.83 bits per heavy atom. The number of aliphatic hydroxyl groups excluding tert-OH is 1. The zero-order chi connectivity index (χ0) is 23.9. The molecule has 1 atom stereocenters. The Morgan fingerprint density at radius 2 is 1.26 bits per heavy atom. The summed E-state index contributed by atoms with van der Waals surface area (Å²) in [4.78, 5) is 2.45. The van der Waals surface area contributed by atoms with Crippen molar-refractivity contribution in [1.82, 2.24) is 4.90 Å². The quantitative estimate of drug-likeness (QED) is 0.374. The Hall–Kier alpha value is -3.28. The molecule has 0 radical (unpaired) electrons. The van der Waals surface area contributed by atoms with Gasteiger partial charge in [0.25, 0.3) is 0 Å². The number of fused-ring (bicyclic) bond motifs is 3. The fourth-order valence-electron chi connectivity index (χ4n) is 6.02. The van der Waals surface area contributed by atoms with Gasteiger partial charge in [0.2, 0.25) is 0 Å². The van der Waals surface area contributed by atoms with E-state index < -0.39 is 17.2 Å². The first-order chi connectivity index (χ1) is 17.2. The summed E-state index contributed by atoms with van der Waals surface area (Å²) in [5.41, 5.74) is 5.87. The first-order valence-corrected chi connectivity index (χ1v) is 12.1. The highest BCUT2D eigenvalue weighted by molar-refractivity contribution is 5.83. The molecule has 0 spiro atoms. The van der Waals surface area contributed by atoms with Crippen LogP contribution >= 0.6 is 0 Å². The monoisotopic (exact) mass is 463 g/mol. The summed E-state index contributed by atoms with van der Waals surface area (Å²) in [6.45, 7) is 1.25. The number of rotatable bonds is 7. The van der Waals surface area contributed by atoms with Crippen molar-refractivity contribution < 1.29 is 14.6 Å². The van der Waals surface area contributed by atoms with Gasteiger partial charge >= 0.3 is 0 Å². The van der Waals surface area contributed by atoms with Crippen molar-refractivity contribution in [2.45, 2.75) is 17.2 Å². The van der Waals surface area contributed by atoms with Crippen molar-refractivity contribution in [3.8, 4) is 11.1 Å². The van der Waals surface area contributed by atoms with Gasteiger partial charge in [0.15, 0.2) is 0 Å². The molecule has 4 heteroatoms. The molecule has 4 aromatic carbocycles. The molecule has 0 aromatic heterocycles. The summed E-state index contributed by atoms with van der Waals surface area (Å²) >= 11 is 0. The fourth-order valence-corrected chi connectivity index (χ4v) is 6.02. The van der Waals surface area contributed by atoms with Crippen LogP contribution < -0.4 is 0 Å². The number of benzene rings is 4. The van der Waals surface area contributed by atoms with Crippen LogP contribution in [-0.2, 0) is 15.0 Å². The summed E-state index contributed by atoms with van der Waals surface area (Å²) in [5.74, 6) is 0. The molecule has 1 heterocycles. The largest absolute Gasteiger partial charge is 0.385 e. The van der Waals surface area contributed by atoms with E-state index in [1.54, 1.807) is 7.11 Å². The van der Waals surface area contributed by atoms with Gasteiger partial charge in [-0.3, -0.25) is 4.90 Å². The third kappa shape index (κ3) is 3.29. The van der Waals surface area contributed by atoms with E-state index >= 15 is 0 Å². The minimum atomic E-state index is -0.772. The number of nitrogens with zero attached hydrogens (tertiary/aromatic N) is 1. The van der Waals surface area contributed by atoms with E-state index in [0.29, 0.717) is 13.1 Å². The summed E-state index contributed by atoms with van der Waals surface area (Å²) < 4.78 is 11.6. The van der Waals surface area contributed by atoms with Crippen molar-refractivity contribution in [2.75, 3.05) is 27.0 Å². The molecule has 4 aromatic rings. The Morgan fingerprint density at radius 1 is 0.743 bits per heavy atom. The second-order valence-corrected chi connectivity index (χ2v) is 9.45. The van der Waals surface area contributed by atoms with Gasteiger partial charge in [0.05, 0.1) is 5.54 Å². The van der Waals surface area contributed by atoms with Gasteiger partial charge in [0.1, 0.15) is 18.5 Å². The molecular formula is C31H29NO3. The molecule has 6 rings (SSSR count). The maximum absolute atomic E-state index is 11.5. The van der Waals surface area contributed by atoms with E-state index in [1.807, 2.05) is 30.3 Å². The van der Waals surface area contributed by atoms with Crippen LogP contribution in [0.1, 0.15) is 28.4 Å². The zero-order valence-electron chi connectivity index (χ0n) is 19.8. The summed E-state index contributed by atoms with van der Waals surface area (Å²) in [6, 6.07) is 37.8. The smallest absolute Gasteiger partial charge is 0.147 e. The highest BCUT2D eigenvalue weighted by Crippen LogP contribution is 2.57. The lowest BCUT2D eigenvalue weighted by atomic mass is 9.73. The highest BCUT2D eigenvalue weighted by Gasteiger charge is 2.60. The van der Waals surface area contributed by atoms with Crippen molar-refractivity contribution in [2.24, 2.45) is 0 Å². The van der Waals surface area contributed by atoms with Gasteiger partial charge in [-0.1, -0.05) is 109 Å². The lowest BCUT2D eigenvalue weighted by Gasteiger charge is -2.59. The summed E-state index contributed by atoms with van der Waals surface area (Å²) in [6.07, 6.45) is -0.769. The standard InChI is InChI=1S/C31H29NO3/c1-34-22-35-30(29(33)23-12-4-2-5-13-23)20-32(21-30)31(24-14-6-3-7-15-24)27-18-10-8-16-25(27)26-17-9-11-19-28(26)31/h2-19,29,33H,20-22H2,1H3. The highest BCUT2D eigenvalue weighted by atomic mass is 16.7. The van der Waals surface area contributed by atoms with Crippen molar-refractivity contribution in [1.29, 1.82) is 0 Å². The fraction of sp³-hybridized carbons (Fsp3) is 0.226. The van der Waals surface area contributed by atoms with E-state index in [-0.39, 0.29) is 6.79 Å². The average molecular weight is 464 g/mol.